The molecule has 0 amide bonds. The van der Waals surface area contributed by atoms with Gasteiger partial charge in [0.05, 0.1) is 0 Å². The maximum absolute atomic E-state index is 12.3. The maximum Gasteiger partial charge on any atom is 0.189 e. The molecule has 1 fully saturated rings. The quantitative estimate of drug-likeness (QED) is 0.927. The van der Waals surface area contributed by atoms with Crippen LogP contribution in [0.1, 0.15) is 38.3 Å². The monoisotopic (exact) mass is 270 g/mol. The first kappa shape index (κ1) is 13.2. The Morgan fingerprint density at radius 1 is 1.15 bits per heavy atom. The molecule has 0 saturated carbocycles. The van der Waals surface area contributed by atoms with E-state index in [1.54, 1.807) is 6.07 Å². The van der Waals surface area contributed by atoms with Crippen molar-refractivity contribution in [1.82, 2.24) is 4.98 Å². The summed E-state index contributed by atoms with van der Waals surface area (Å²) >= 11 is 0. The molecule has 20 heavy (non-hydrogen) atoms. The summed E-state index contributed by atoms with van der Waals surface area (Å²) in [6.07, 6.45) is 5.81. The zero-order valence-corrected chi connectivity index (χ0v) is 12.1. The molecule has 2 aromatic rings. The zero-order chi connectivity index (χ0) is 13.9. The average molecular weight is 270 g/mol. The fraction of sp³-hybridized carbons (Fsp3) is 0.471. The topological polar surface area (TPSA) is 36.1 Å². The predicted octanol–water partition coefficient (Wildman–Crippen LogP) is 3.47. The van der Waals surface area contributed by atoms with Crippen LogP contribution in [0, 0.1) is 0 Å². The van der Waals surface area contributed by atoms with Crippen molar-refractivity contribution < 1.29 is 0 Å². The summed E-state index contributed by atoms with van der Waals surface area (Å²) in [5, 5.41) is 0.813. The van der Waals surface area contributed by atoms with Crippen LogP contribution < -0.4 is 10.3 Å². The Morgan fingerprint density at radius 2 is 1.95 bits per heavy atom. The number of benzene rings is 1. The number of rotatable bonds is 3. The van der Waals surface area contributed by atoms with Gasteiger partial charge in [0.25, 0.3) is 0 Å². The minimum absolute atomic E-state index is 0.140. The van der Waals surface area contributed by atoms with E-state index in [2.05, 4.69) is 35.0 Å². The Bertz CT molecular complexity index is 654. The van der Waals surface area contributed by atoms with E-state index in [-0.39, 0.29) is 5.43 Å². The van der Waals surface area contributed by atoms with E-state index in [1.165, 1.54) is 24.9 Å². The van der Waals surface area contributed by atoms with E-state index >= 15 is 0 Å². The Labute approximate surface area is 119 Å². The molecule has 0 bridgehead atoms. The number of nitrogens with one attached hydrogen (secondary N) is 1. The van der Waals surface area contributed by atoms with Gasteiger partial charge in [0, 0.05) is 41.4 Å². The van der Waals surface area contributed by atoms with E-state index in [4.69, 9.17) is 0 Å². The van der Waals surface area contributed by atoms with E-state index < -0.39 is 0 Å². The van der Waals surface area contributed by atoms with Crippen LogP contribution in [0.2, 0.25) is 0 Å². The average Bonchev–Trinajstić information content (AvgIpc) is 2.48. The van der Waals surface area contributed by atoms with Crippen LogP contribution >= 0.6 is 0 Å². The molecule has 106 valence electrons. The van der Waals surface area contributed by atoms with Gasteiger partial charge in [-0.05, 0) is 43.9 Å². The molecule has 1 aliphatic heterocycles. The van der Waals surface area contributed by atoms with Crippen LogP contribution in [0.5, 0.6) is 0 Å². The third-order valence-corrected chi connectivity index (χ3v) is 4.11. The standard InChI is InChI=1S/C17H22N2O/c1-2-6-13-11-17(20)15-12-14(7-8-16(15)18-13)19-9-4-3-5-10-19/h7-8,11-12H,2-6,9-10H2,1H3,(H,18,20). The van der Waals surface area contributed by atoms with Crippen molar-refractivity contribution in [3.8, 4) is 0 Å². The normalized spacial score (nSPS) is 15.8. The lowest BCUT2D eigenvalue weighted by Crippen LogP contribution is -2.29. The van der Waals surface area contributed by atoms with Crippen molar-refractivity contribution in [3.05, 3.63) is 40.2 Å². The number of piperidine rings is 1. The van der Waals surface area contributed by atoms with Gasteiger partial charge in [0.1, 0.15) is 0 Å². The summed E-state index contributed by atoms with van der Waals surface area (Å²) in [5.74, 6) is 0. The molecular formula is C17H22N2O. The molecule has 3 rings (SSSR count). The van der Waals surface area contributed by atoms with Gasteiger partial charge < -0.3 is 9.88 Å². The van der Waals surface area contributed by atoms with Crippen molar-refractivity contribution in [2.45, 2.75) is 39.0 Å². The van der Waals surface area contributed by atoms with Crippen LogP contribution in [-0.4, -0.2) is 18.1 Å². The fourth-order valence-electron chi connectivity index (χ4n) is 3.04. The van der Waals surface area contributed by atoms with E-state index in [9.17, 15) is 4.79 Å². The van der Waals surface area contributed by atoms with Gasteiger partial charge in [0.2, 0.25) is 0 Å². The molecule has 0 radical (unpaired) electrons. The molecule has 0 spiro atoms. The summed E-state index contributed by atoms with van der Waals surface area (Å²) in [7, 11) is 0. The number of aromatic nitrogens is 1. The predicted molar refractivity (Wildman–Crippen MR) is 84.6 cm³/mol. The third-order valence-electron chi connectivity index (χ3n) is 4.11. The van der Waals surface area contributed by atoms with Gasteiger partial charge in [-0.1, -0.05) is 13.3 Å². The molecule has 1 aromatic carbocycles. The molecule has 1 aliphatic rings. The molecular weight excluding hydrogens is 248 g/mol. The first-order valence-corrected chi connectivity index (χ1v) is 7.69. The SMILES string of the molecule is CCCc1cc(=O)c2cc(N3CCCCC3)ccc2[nH]1. The van der Waals surface area contributed by atoms with E-state index in [0.29, 0.717) is 0 Å². The number of H-pyrrole nitrogens is 1. The first-order valence-electron chi connectivity index (χ1n) is 7.69. The van der Waals surface area contributed by atoms with Crippen LogP contribution in [-0.2, 0) is 6.42 Å². The van der Waals surface area contributed by atoms with Gasteiger partial charge >= 0.3 is 0 Å². The van der Waals surface area contributed by atoms with Crippen molar-refractivity contribution in [2.24, 2.45) is 0 Å². The Kier molecular flexibility index (Phi) is 3.77. The van der Waals surface area contributed by atoms with Crippen LogP contribution in [0.25, 0.3) is 10.9 Å². The minimum Gasteiger partial charge on any atom is -0.372 e. The van der Waals surface area contributed by atoms with Crippen LogP contribution in [0.15, 0.2) is 29.1 Å². The Hall–Kier alpha value is -1.77. The lowest BCUT2D eigenvalue weighted by molar-refractivity contribution is 0.578. The number of aryl methyl sites for hydroxylation is 1. The molecule has 2 heterocycles. The molecule has 1 saturated heterocycles. The number of aromatic amines is 1. The van der Waals surface area contributed by atoms with Crippen molar-refractivity contribution in [3.63, 3.8) is 0 Å². The number of fused-ring (bicyclic) bond motifs is 1. The highest BCUT2D eigenvalue weighted by molar-refractivity contribution is 5.82. The van der Waals surface area contributed by atoms with E-state index in [0.717, 1.165) is 42.5 Å². The van der Waals surface area contributed by atoms with Crippen molar-refractivity contribution >= 4 is 16.6 Å². The number of nitrogens with zero attached hydrogens (tertiary/aromatic N) is 1. The highest BCUT2D eigenvalue weighted by atomic mass is 16.1. The highest BCUT2D eigenvalue weighted by Crippen LogP contribution is 2.22. The molecule has 1 N–H and O–H groups in total. The Balaban J connectivity index is 2.00. The number of anilines is 1. The zero-order valence-electron chi connectivity index (χ0n) is 12.1. The second-order valence-electron chi connectivity index (χ2n) is 5.69. The van der Waals surface area contributed by atoms with Crippen molar-refractivity contribution in [2.75, 3.05) is 18.0 Å². The van der Waals surface area contributed by atoms with Crippen LogP contribution in [0.3, 0.4) is 0 Å². The summed E-state index contributed by atoms with van der Waals surface area (Å²) in [6, 6.07) is 8.00. The lowest BCUT2D eigenvalue weighted by Gasteiger charge is -2.28. The largest absolute Gasteiger partial charge is 0.372 e. The molecule has 0 unspecified atom stereocenters. The number of pyridine rings is 1. The van der Waals surface area contributed by atoms with Gasteiger partial charge in [-0.3, -0.25) is 4.79 Å². The lowest BCUT2D eigenvalue weighted by atomic mass is 10.1. The van der Waals surface area contributed by atoms with Gasteiger partial charge in [-0.15, -0.1) is 0 Å². The summed E-state index contributed by atoms with van der Waals surface area (Å²) < 4.78 is 0. The summed E-state index contributed by atoms with van der Waals surface area (Å²) in [4.78, 5) is 18.0. The first-order chi connectivity index (χ1) is 9.78. The second kappa shape index (κ2) is 5.70. The van der Waals surface area contributed by atoms with Gasteiger partial charge in [-0.2, -0.15) is 0 Å². The number of hydrogen-bond donors (Lipinski definition) is 1. The number of hydrogen-bond acceptors (Lipinski definition) is 2. The van der Waals surface area contributed by atoms with Crippen LogP contribution in [0.4, 0.5) is 5.69 Å². The second-order valence-corrected chi connectivity index (χ2v) is 5.69. The molecule has 3 nitrogen and oxygen atoms in total. The summed E-state index contributed by atoms with van der Waals surface area (Å²) in [5.41, 5.74) is 3.32. The molecule has 3 heteroatoms. The van der Waals surface area contributed by atoms with Gasteiger partial charge in [0.15, 0.2) is 5.43 Å². The van der Waals surface area contributed by atoms with Crippen molar-refractivity contribution in [1.29, 1.82) is 0 Å². The van der Waals surface area contributed by atoms with E-state index in [1.807, 2.05) is 0 Å². The highest BCUT2D eigenvalue weighted by Gasteiger charge is 2.12. The minimum atomic E-state index is 0.140. The third kappa shape index (κ3) is 2.58. The molecule has 1 aromatic heterocycles. The molecule has 0 atom stereocenters. The van der Waals surface area contributed by atoms with Gasteiger partial charge in [-0.25, -0.2) is 0 Å². The Morgan fingerprint density at radius 3 is 2.70 bits per heavy atom. The fourth-order valence-corrected chi connectivity index (χ4v) is 3.04. The smallest absolute Gasteiger partial charge is 0.189 e. The summed E-state index contributed by atoms with van der Waals surface area (Å²) in [6.45, 7) is 4.34. The maximum atomic E-state index is 12.3. The molecule has 0 aliphatic carbocycles.